The molecule has 0 unspecified atom stereocenters. The molecule has 2 amide bonds. The maximum Gasteiger partial charge on any atom is 0.349 e. The van der Waals surface area contributed by atoms with Crippen molar-refractivity contribution >= 4 is 34.8 Å². The first-order chi connectivity index (χ1) is 11.4. The van der Waals surface area contributed by atoms with Gasteiger partial charge in [0.25, 0.3) is 11.8 Å². The Bertz CT molecular complexity index is 750. The third-order valence-electron chi connectivity index (χ3n) is 3.20. The lowest BCUT2D eigenvalue weighted by Crippen LogP contribution is -2.22. The van der Waals surface area contributed by atoms with E-state index in [9.17, 15) is 14.4 Å². The van der Waals surface area contributed by atoms with Crippen LogP contribution in [0.4, 0.5) is 5.69 Å². The number of thiophene rings is 1. The lowest BCUT2D eigenvalue weighted by atomic mass is 10.2. The second-order valence-electron chi connectivity index (χ2n) is 5.33. The number of carbonyl (C=O) groups is 3. The van der Waals surface area contributed by atoms with E-state index in [1.807, 2.05) is 13.0 Å². The molecular weight excluding hydrogens is 328 g/mol. The van der Waals surface area contributed by atoms with E-state index in [-0.39, 0.29) is 12.5 Å². The van der Waals surface area contributed by atoms with E-state index < -0.39 is 11.9 Å². The minimum atomic E-state index is -0.510. The first kappa shape index (κ1) is 17.7. The van der Waals surface area contributed by atoms with Crippen molar-refractivity contribution in [1.29, 1.82) is 0 Å². The number of ether oxygens (including phenoxy) is 1. The molecule has 126 valence electrons. The van der Waals surface area contributed by atoms with Gasteiger partial charge in [-0.3, -0.25) is 9.59 Å². The SMILES string of the molecule is Cc1ccsc1C(=O)OCC(=O)Nc1ccc(C(=O)N(C)C)cc1. The topological polar surface area (TPSA) is 75.7 Å². The van der Waals surface area contributed by atoms with Crippen molar-refractivity contribution in [3.8, 4) is 0 Å². The van der Waals surface area contributed by atoms with Crippen molar-refractivity contribution in [2.45, 2.75) is 6.92 Å². The summed E-state index contributed by atoms with van der Waals surface area (Å²) in [4.78, 5) is 37.4. The van der Waals surface area contributed by atoms with Crippen LogP contribution in [-0.2, 0) is 9.53 Å². The van der Waals surface area contributed by atoms with Crippen molar-refractivity contribution in [3.63, 3.8) is 0 Å². The summed E-state index contributed by atoms with van der Waals surface area (Å²) in [6, 6.07) is 8.32. The number of esters is 1. The van der Waals surface area contributed by atoms with Gasteiger partial charge in [0.2, 0.25) is 0 Å². The normalized spacial score (nSPS) is 10.1. The molecule has 0 saturated heterocycles. The number of aryl methyl sites for hydroxylation is 1. The Morgan fingerprint density at radius 3 is 2.33 bits per heavy atom. The van der Waals surface area contributed by atoms with Gasteiger partial charge in [-0.15, -0.1) is 11.3 Å². The van der Waals surface area contributed by atoms with E-state index in [0.717, 1.165) is 5.56 Å². The zero-order valence-corrected chi connectivity index (χ0v) is 14.5. The largest absolute Gasteiger partial charge is 0.451 e. The number of amides is 2. The molecule has 0 spiro atoms. The molecule has 2 rings (SSSR count). The third-order valence-corrected chi connectivity index (χ3v) is 4.20. The lowest BCUT2D eigenvalue weighted by molar-refractivity contribution is -0.119. The predicted molar refractivity (Wildman–Crippen MR) is 92.4 cm³/mol. The van der Waals surface area contributed by atoms with Gasteiger partial charge < -0.3 is 15.0 Å². The van der Waals surface area contributed by atoms with Crippen LogP contribution < -0.4 is 5.32 Å². The van der Waals surface area contributed by atoms with Crippen molar-refractivity contribution < 1.29 is 19.1 Å². The van der Waals surface area contributed by atoms with Gasteiger partial charge in [0, 0.05) is 25.3 Å². The summed E-state index contributed by atoms with van der Waals surface area (Å²) < 4.78 is 4.99. The second-order valence-corrected chi connectivity index (χ2v) is 6.25. The lowest BCUT2D eigenvalue weighted by Gasteiger charge is -2.11. The smallest absolute Gasteiger partial charge is 0.349 e. The molecule has 1 aromatic carbocycles. The van der Waals surface area contributed by atoms with E-state index in [0.29, 0.717) is 16.1 Å². The monoisotopic (exact) mass is 346 g/mol. The summed E-state index contributed by atoms with van der Waals surface area (Å²) in [6.07, 6.45) is 0. The van der Waals surface area contributed by atoms with Crippen LogP contribution in [0.25, 0.3) is 0 Å². The summed E-state index contributed by atoms with van der Waals surface area (Å²) in [5.74, 6) is -1.07. The quantitative estimate of drug-likeness (QED) is 0.844. The van der Waals surface area contributed by atoms with Gasteiger partial charge in [-0.1, -0.05) is 0 Å². The van der Waals surface area contributed by atoms with Gasteiger partial charge in [0.15, 0.2) is 6.61 Å². The van der Waals surface area contributed by atoms with Crippen LogP contribution in [0.1, 0.15) is 25.6 Å². The van der Waals surface area contributed by atoms with E-state index >= 15 is 0 Å². The van der Waals surface area contributed by atoms with Crippen molar-refractivity contribution in [2.24, 2.45) is 0 Å². The number of nitrogens with one attached hydrogen (secondary N) is 1. The van der Waals surface area contributed by atoms with Crippen LogP contribution in [0.3, 0.4) is 0 Å². The molecule has 1 aromatic heterocycles. The molecular formula is C17H18N2O4S. The summed E-state index contributed by atoms with van der Waals surface area (Å²) in [5.41, 5.74) is 1.88. The fraction of sp³-hybridized carbons (Fsp3) is 0.235. The molecule has 0 aliphatic rings. The first-order valence-electron chi connectivity index (χ1n) is 7.21. The van der Waals surface area contributed by atoms with Gasteiger partial charge >= 0.3 is 5.97 Å². The highest BCUT2D eigenvalue weighted by Crippen LogP contribution is 2.16. The highest BCUT2D eigenvalue weighted by atomic mass is 32.1. The summed E-state index contributed by atoms with van der Waals surface area (Å²) >= 11 is 1.28. The number of carbonyl (C=O) groups excluding carboxylic acids is 3. The molecule has 0 atom stereocenters. The van der Waals surface area contributed by atoms with Crippen LogP contribution in [-0.4, -0.2) is 43.4 Å². The molecule has 7 heteroatoms. The van der Waals surface area contributed by atoms with Crippen LogP contribution >= 0.6 is 11.3 Å². The van der Waals surface area contributed by atoms with Crippen molar-refractivity contribution in [2.75, 3.05) is 26.0 Å². The number of nitrogens with zero attached hydrogens (tertiary/aromatic N) is 1. The first-order valence-corrected chi connectivity index (χ1v) is 8.09. The Morgan fingerprint density at radius 1 is 1.12 bits per heavy atom. The van der Waals surface area contributed by atoms with Crippen molar-refractivity contribution in [3.05, 3.63) is 51.7 Å². The third kappa shape index (κ3) is 4.42. The number of rotatable bonds is 5. The molecule has 24 heavy (non-hydrogen) atoms. The fourth-order valence-electron chi connectivity index (χ4n) is 1.93. The number of hydrogen-bond donors (Lipinski definition) is 1. The van der Waals surface area contributed by atoms with Gasteiger partial charge in [-0.25, -0.2) is 4.79 Å². The van der Waals surface area contributed by atoms with Gasteiger partial charge in [-0.05, 0) is 48.2 Å². The Morgan fingerprint density at radius 2 is 1.79 bits per heavy atom. The summed E-state index contributed by atoms with van der Waals surface area (Å²) in [5, 5.41) is 4.41. The molecule has 6 nitrogen and oxygen atoms in total. The van der Waals surface area contributed by atoms with E-state index in [2.05, 4.69) is 5.32 Å². The highest BCUT2D eigenvalue weighted by molar-refractivity contribution is 7.12. The van der Waals surface area contributed by atoms with Crippen LogP contribution in [0, 0.1) is 6.92 Å². The molecule has 1 N–H and O–H groups in total. The standard InChI is InChI=1S/C17H18N2O4S/c1-11-8-9-24-15(11)17(22)23-10-14(20)18-13-6-4-12(5-7-13)16(21)19(2)3/h4-9H,10H2,1-3H3,(H,18,20). The van der Waals surface area contributed by atoms with Gasteiger partial charge in [0.1, 0.15) is 4.88 Å². The maximum atomic E-state index is 11.8. The Kier molecular flexibility index (Phi) is 5.70. The fourth-order valence-corrected chi connectivity index (χ4v) is 2.75. The Hall–Kier alpha value is -2.67. The maximum absolute atomic E-state index is 11.8. The average Bonchev–Trinajstić information content (AvgIpc) is 2.98. The molecule has 0 saturated carbocycles. The Balaban J connectivity index is 1.87. The molecule has 2 aromatic rings. The van der Waals surface area contributed by atoms with Crippen LogP contribution in [0.5, 0.6) is 0 Å². The Labute approximate surface area is 144 Å². The van der Waals surface area contributed by atoms with Crippen LogP contribution in [0.2, 0.25) is 0 Å². The van der Waals surface area contributed by atoms with Crippen LogP contribution in [0.15, 0.2) is 35.7 Å². The molecule has 0 aliphatic carbocycles. The predicted octanol–water partition coefficient (Wildman–Crippen LogP) is 2.55. The van der Waals surface area contributed by atoms with E-state index in [1.54, 1.807) is 43.7 Å². The minimum Gasteiger partial charge on any atom is -0.451 e. The second kappa shape index (κ2) is 7.74. The highest BCUT2D eigenvalue weighted by Gasteiger charge is 2.14. The molecule has 0 aliphatic heterocycles. The molecule has 0 radical (unpaired) electrons. The minimum absolute atomic E-state index is 0.117. The number of hydrogen-bond acceptors (Lipinski definition) is 5. The molecule has 0 fully saturated rings. The van der Waals surface area contributed by atoms with Gasteiger partial charge in [-0.2, -0.15) is 0 Å². The van der Waals surface area contributed by atoms with Crippen molar-refractivity contribution in [1.82, 2.24) is 4.90 Å². The number of benzene rings is 1. The summed E-state index contributed by atoms with van der Waals surface area (Å²) in [7, 11) is 3.34. The number of anilines is 1. The van der Waals surface area contributed by atoms with E-state index in [4.69, 9.17) is 4.74 Å². The van der Waals surface area contributed by atoms with E-state index in [1.165, 1.54) is 16.2 Å². The molecule has 0 bridgehead atoms. The average molecular weight is 346 g/mol. The summed E-state index contributed by atoms with van der Waals surface area (Å²) in [6.45, 7) is 1.44. The zero-order chi connectivity index (χ0) is 17.7. The zero-order valence-electron chi connectivity index (χ0n) is 13.7. The van der Waals surface area contributed by atoms with Gasteiger partial charge in [0.05, 0.1) is 0 Å². The molecule has 1 heterocycles.